The van der Waals surface area contributed by atoms with Gasteiger partial charge in [0.15, 0.2) is 0 Å². The van der Waals surface area contributed by atoms with Crippen molar-refractivity contribution in [2.45, 2.75) is 28.5 Å². The average Bonchev–Trinajstić information content (AvgIpc) is 2.08. The lowest BCUT2D eigenvalue weighted by Gasteiger charge is -2.49. The standard InChI is InChI=1S/C7H8Br2ClNO3S/c8-4-1-3-6(2-5(4)9)11(7(3)12)15(10,13)14/h3-6H,1-2H2/t3-,4-,5+,6+/m1/s1. The van der Waals surface area contributed by atoms with Crippen molar-refractivity contribution in [3.05, 3.63) is 0 Å². The van der Waals surface area contributed by atoms with Gasteiger partial charge >= 0.3 is 9.24 Å². The van der Waals surface area contributed by atoms with Crippen LogP contribution in [0.25, 0.3) is 0 Å². The third-order valence-electron chi connectivity index (χ3n) is 2.87. The van der Waals surface area contributed by atoms with Crippen LogP contribution in [0.2, 0.25) is 0 Å². The second kappa shape index (κ2) is 3.85. The molecule has 0 N–H and O–H groups in total. The minimum absolute atomic E-state index is 0.174. The van der Waals surface area contributed by atoms with E-state index in [0.717, 1.165) is 4.31 Å². The molecule has 0 radical (unpaired) electrons. The van der Waals surface area contributed by atoms with Crippen LogP contribution in [0.1, 0.15) is 12.8 Å². The van der Waals surface area contributed by atoms with E-state index in [4.69, 9.17) is 10.7 Å². The molecule has 2 fully saturated rings. The summed E-state index contributed by atoms with van der Waals surface area (Å²) in [6.45, 7) is 0. The van der Waals surface area contributed by atoms with Crippen molar-refractivity contribution in [1.82, 2.24) is 4.31 Å². The SMILES string of the molecule is O=C1[C@@H]2C[C@@H](Br)[C@@H](Br)C[C@@H]2N1S(=O)(=O)Cl. The normalized spacial score (nSPS) is 41.0. The Labute approximate surface area is 109 Å². The number of nitrogens with zero attached hydrogens (tertiary/aromatic N) is 1. The van der Waals surface area contributed by atoms with Gasteiger partial charge in [0, 0.05) is 20.3 Å². The summed E-state index contributed by atoms with van der Waals surface area (Å²) < 4.78 is 23.0. The Hall–Kier alpha value is 0.670. The molecule has 15 heavy (non-hydrogen) atoms. The molecular formula is C7H8Br2ClNO3S. The van der Waals surface area contributed by atoms with E-state index in [1.165, 1.54) is 0 Å². The van der Waals surface area contributed by atoms with Crippen molar-refractivity contribution in [2.24, 2.45) is 5.92 Å². The van der Waals surface area contributed by atoms with E-state index in [0.29, 0.717) is 12.8 Å². The summed E-state index contributed by atoms with van der Waals surface area (Å²) in [4.78, 5) is 11.9. The van der Waals surface area contributed by atoms with Crippen LogP contribution in [0.4, 0.5) is 0 Å². The molecule has 1 saturated carbocycles. The Bertz CT molecular complexity index is 401. The highest BCUT2D eigenvalue weighted by Gasteiger charge is 2.56. The number of alkyl halides is 2. The van der Waals surface area contributed by atoms with E-state index in [1.54, 1.807) is 0 Å². The average molecular weight is 381 g/mol. The first-order chi connectivity index (χ1) is 6.82. The van der Waals surface area contributed by atoms with Crippen molar-refractivity contribution in [1.29, 1.82) is 0 Å². The second-order valence-electron chi connectivity index (χ2n) is 3.75. The van der Waals surface area contributed by atoms with Crippen molar-refractivity contribution >= 4 is 57.7 Å². The lowest BCUT2D eigenvalue weighted by atomic mass is 9.78. The van der Waals surface area contributed by atoms with Crippen molar-refractivity contribution in [3.63, 3.8) is 0 Å². The number of amides is 1. The van der Waals surface area contributed by atoms with Gasteiger partial charge in [-0.25, -0.2) is 4.31 Å². The van der Waals surface area contributed by atoms with Crippen LogP contribution in [0.15, 0.2) is 0 Å². The lowest BCUT2D eigenvalue weighted by Crippen LogP contribution is -2.65. The first kappa shape index (κ1) is 12.1. The van der Waals surface area contributed by atoms with E-state index >= 15 is 0 Å². The summed E-state index contributed by atoms with van der Waals surface area (Å²) >= 11 is 6.90. The Morgan fingerprint density at radius 1 is 1.27 bits per heavy atom. The number of carbonyl (C=O) groups excluding carboxylic acids is 1. The number of halogens is 3. The number of carbonyl (C=O) groups is 1. The van der Waals surface area contributed by atoms with E-state index in [-0.39, 0.29) is 27.5 Å². The summed E-state index contributed by atoms with van der Waals surface area (Å²) in [6, 6.07) is -0.266. The van der Waals surface area contributed by atoms with Crippen LogP contribution in [0.5, 0.6) is 0 Å². The van der Waals surface area contributed by atoms with Gasteiger partial charge in [0.05, 0.1) is 12.0 Å². The highest BCUT2D eigenvalue weighted by Crippen LogP contribution is 2.45. The zero-order valence-corrected chi connectivity index (χ0v) is 12.2. The summed E-state index contributed by atoms with van der Waals surface area (Å²) in [5.74, 6) is -0.574. The maximum absolute atomic E-state index is 11.5. The first-order valence-electron chi connectivity index (χ1n) is 4.38. The van der Waals surface area contributed by atoms with Crippen molar-refractivity contribution < 1.29 is 13.2 Å². The number of β-lactam (4-membered cyclic amide) rings is 1. The molecule has 8 heteroatoms. The molecule has 1 aliphatic heterocycles. The molecule has 4 nitrogen and oxygen atoms in total. The molecule has 1 saturated heterocycles. The zero-order chi connectivity index (χ0) is 11.4. The van der Waals surface area contributed by atoms with Crippen molar-refractivity contribution in [2.75, 3.05) is 0 Å². The van der Waals surface area contributed by atoms with Crippen LogP contribution in [0, 0.1) is 5.92 Å². The fourth-order valence-corrected chi connectivity index (χ4v) is 4.76. The van der Waals surface area contributed by atoms with Crippen LogP contribution >= 0.6 is 42.5 Å². The van der Waals surface area contributed by atoms with E-state index in [9.17, 15) is 13.2 Å². The largest absolute Gasteiger partial charge is 0.324 e. The number of rotatable bonds is 1. The molecule has 2 rings (SSSR count). The molecular weight excluding hydrogens is 373 g/mol. The number of fused-ring (bicyclic) bond motifs is 1. The molecule has 0 aromatic carbocycles. The third kappa shape index (κ3) is 1.96. The minimum Gasteiger partial charge on any atom is -0.273 e. The third-order valence-corrected chi connectivity index (χ3v) is 6.97. The fraction of sp³-hybridized carbons (Fsp3) is 0.857. The molecule has 0 aromatic heterocycles. The maximum atomic E-state index is 11.5. The van der Waals surface area contributed by atoms with Gasteiger partial charge in [0.25, 0.3) is 0 Å². The highest BCUT2D eigenvalue weighted by molar-refractivity contribution is 9.12. The Balaban J connectivity index is 2.20. The van der Waals surface area contributed by atoms with Crippen LogP contribution in [-0.4, -0.2) is 34.3 Å². The van der Waals surface area contributed by atoms with Crippen LogP contribution in [-0.2, 0) is 14.0 Å². The van der Waals surface area contributed by atoms with Gasteiger partial charge in [-0.15, -0.1) is 0 Å². The van der Waals surface area contributed by atoms with E-state index < -0.39 is 9.24 Å². The molecule has 2 aliphatic rings. The Morgan fingerprint density at radius 2 is 1.80 bits per heavy atom. The molecule has 0 unspecified atom stereocenters. The molecule has 0 spiro atoms. The predicted octanol–water partition coefficient (Wildman–Crippen LogP) is 1.62. The van der Waals surface area contributed by atoms with Crippen molar-refractivity contribution in [3.8, 4) is 0 Å². The van der Waals surface area contributed by atoms with Gasteiger partial charge in [-0.2, -0.15) is 8.42 Å². The number of hydrogen-bond donors (Lipinski definition) is 0. The lowest BCUT2D eigenvalue weighted by molar-refractivity contribution is -0.148. The fourth-order valence-electron chi connectivity index (χ4n) is 2.13. The van der Waals surface area contributed by atoms with E-state index in [1.807, 2.05) is 0 Å². The highest BCUT2D eigenvalue weighted by atomic mass is 79.9. The summed E-state index contributed by atoms with van der Waals surface area (Å²) in [6.07, 6.45) is 1.26. The van der Waals surface area contributed by atoms with Crippen LogP contribution in [0.3, 0.4) is 0 Å². The van der Waals surface area contributed by atoms with Gasteiger partial charge < -0.3 is 0 Å². The molecule has 1 heterocycles. The Morgan fingerprint density at radius 3 is 2.33 bits per heavy atom. The monoisotopic (exact) mass is 379 g/mol. The minimum atomic E-state index is -3.91. The zero-order valence-electron chi connectivity index (χ0n) is 7.44. The maximum Gasteiger partial charge on any atom is 0.324 e. The summed E-state index contributed by atoms with van der Waals surface area (Å²) in [5, 5.41) is 0. The molecule has 1 amide bonds. The molecule has 0 bridgehead atoms. The second-order valence-corrected chi connectivity index (χ2v) is 8.49. The van der Waals surface area contributed by atoms with Crippen LogP contribution < -0.4 is 0 Å². The number of hydrogen-bond acceptors (Lipinski definition) is 3. The smallest absolute Gasteiger partial charge is 0.273 e. The van der Waals surface area contributed by atoms with Gasteiger partial charge in [-0.1, -0.05) is 31.9 Å². The summed E-state index contributed by atoms with van der Waals surface area (Å²) in [7, 11) is 1.28. The molecule has 86 valence electrons. The topological polar surface area (TPSA) is 54.5 Å². The quantitative estimate of drug-likeness (QED) is 0.394. The van der Waals surface area contributed by atoms with Gasteiger partial charge in [-0.05, 0) is 12.8 Å². The van der Waals surface area contributed by atoms with Gasteiger partial charge in [0.2, 0.25) is 5.91 Å². The predicted molar refractivity (Wildman–Crippen MR) is 63.6 cm³/mol. The van der Waals surface area contributed by atoms with Gasteiger partial charge in [-0.3, -0.25) is 4.79 Å². The molecule has 0 aromatic rings. The molecule has 4 atom stereocenters. The first-order valence-corrected chi connectivity index (χ1v) is 8.48. The van der Waals surface area contributed by atoms with E-state index in [2.05, 4.69) is 31.9 Å². The van der Waals surface area contributed by atoms with Gasteiger partial charge in [0.1, 0.15) is 0 Å². The summed E-state index contributed by atoms with van der Waals surface area (Å²) in [5.41, 5.74) is 0. The molecule has 1 aliphatic carbocycles. The Kier molecular flexibility index (Phi) is 3.12.